The second-order valence-electron chi connectivity index (χ2n) is 4.79. The third-order valence-electron chi connectivity index (χ3n) is 3.14. The molecule has 20 heavy (non-hydrogen) atoms. The molecule has 1 aromatic carbocycles. The number of hydrogen-bond acceptors (Lipinski definition) is 2. The number of urea groups is 1. The predicted octanol–water partition coefficient (Wildman–Crippen LogP) is 2.60. The van der Waals surface area contributed by atoms with Gasteiger partial charge in [-0.3, -0.25) is 0 Å². The maximum absolute atomic E-state index is 13.0. The third kappa shape index (κ3) is 3.41. The van der Waals surface area contributed by atoms with E-state index in [-0.39, 0.29) is 11.6 Å². The van der Waals surface area contributed by atoms with Crippen LogP contribution in [0.3, 0.4) is 0 Å². The van der Waals surface area contributed by atoms with Gasteiger partial charge >= 0.3 is 6.03 Å². The Balaban J connectivity index is 1.96. The Morgan fingerprint density at radius 3 is 2.60 bits per heavy atom. The van der Waals surface area contributed by atoms with Crippen LogP contribution in [0.2, 0.25) is 0 Å². The zero-order chi connectivity index (χ0) is 14.7. The standard InChI is InChI=1S/C13H15F3N2O2/c1-18(6-8-2-3-20-7-8)13(19)17-9-4-10(14)12(16)11(15)5-9/h4-5,8H,2-3,6-7H2,1H3,(H,17,19). The molecule has 2 amide bonds. The van der Waals surface area contributed by atoms with Gasteiger partial charge in [-0.1, -0.05) is 0 Å². The summed E-state index contributed by atoms with van der Waals surface area (Å²) in [6, 6.07) is 0.966. The first-order chi connectivity index (χ1) is 9.47. The molecule has 1 aromatic rings. The minimum absolute atomic E-state index is 0.124. The van der Waals surface area contributed by atoms with Crippen LogP contribution in [0.15, 0.2) is 12.1 Å². The van der Waals surface area contributed by atoms with Gasteiger partial charge in [0.25, 0.3) is 0 Å². The van der Waals surface area contributed by atoms with Crippen LogP contribution in [-0.2, 0) is 4.74 Å². The minimum Gasteiger partial charge on any atom is -0.381 e. The van der Waals surface area contributed by atoms with Gasteiger partial charge in [-0.25, -0.2) is 18.0 Å². The van der Waals surface area contributed by atoms with Gasteiger partial charge in [0.2, 0.25) is 0 Å². The molecule has 7 heteroatoms. The molecule has 4 nitrogen and oxygen atoms in total. The van der Waals surface area contributed by atoms with Gasteiger partial charge in [0, 0.05) is 43.9 Å². The van der Waals surface area contributed by atoms with Crippen LogP contribution in [0.25, 0.3) is 0 Å². The summed E-state index contributed by atoms with van der Waals surface area (Å²) in [7, 11) is 1.57. The fourth-order valence-electron chi connectivity index (χ4n) is 2.04. The number of ether oxygens (including phenoxy) is 1. The molecule has 1 unspecified atom stereocenters. The van der Waals surface area contributed by atoms with Crippen molar-refractivity contribution in [1.82, 2.24) is 4.90 Å². The number of anilines is 1. The van der Waals surface area contributed by atoms with E-state index in [9.17, 15) is 18.0 Å². The van der Waals surface area contributed by atoms with E-state index >= 15 is 0 Å². The van der Waals surface area contributed by atoms with Crippen molar-refractivity contribution in [2.75, 3.05) is 32.1 Å². The summed E-state index contributed by atoms with van der Waals surface area (Å²) in [4.78, 5) is 13.2. The normalized spacial score (nSPS) is 18.1. The number of carbonyl (C=O) groups is 1. The SMILES string of the molecule is CN(CC1CCOC1)C(=O)Nc1cc(F)c(F)c(F)c1. The van der Waals surface area contributed by atoms with Gasteiger partial charge in [0.05, 0.1) is 6.61 Å². The zero-order valence-corrected chi connectivity index (χ0v) is 11.0. The molecule has 1 saturated heterocycles. The lowest BCUT2D eigenvalue weighted by molar-refractivity contribution is 0.175. The molecule has 1 heterocycles. The predicted molar refractivity (Wildman–Crippen MR) is 66.9 cm³/mol. The fourth-order valence-corrected chi connectivity index (χ4v) is 2.04. The van der Waals surface area contributed by atoms with Gasteiger partial charge in [0.15, 0.2) is 17.5 Å². The molecule has 0 bridgehead atoms. The maximum Gasteiger partial charge on any atom is 0.321 e. The molecule has 110 valence electrons. The average Bonchev–Trinajstić information content (AvgIpc) is 2.88. The molecule has 2 rings (SSSR count). The van der Waals surface area contributed by atoms with Crippen molar-refractivity contribution in [3.63, 3.8) is 0 Å². The molecule has 1 fully saturated rings. The van der Waals surface area contributed by atoms with E-state index in [1.807, 2.05) is 0 Å². The maximum atomic E-state index is 13.0. The first-order valence-corrected chi connectivity index (χ1v) is 6.21. The second-order valence-corrected chi connectivity index (χ2v) is 4.79. The Labute approximate surface area is 114 Å². The first-order valence-electron chi connectivity index (χ1n) is 6.21. The van der Waals surface area contributed by atoms with E-state index in [0.29, 0.717) is 19.8 Å². The Morgan fingerprint density at radius 2 is 2.05 bits per heavy atom. The minimum atomic E-state index is -1.56. The molecule has 1 atom stereocenters. The summed E-state index contributed by atoms with van der Waals surface area (Å²) in [6.45, 7) is 1.75. The second kappa shape index (κ2) is 6.13. The Hall–Kier alpha value is -1.76. The highest BCUT2D eigenvalue weighted by Crippen LogP contribution is 2.18. The van der Waals surface area contributed by atoms with Crippen LogP contribution in [0.4, 0.5) is 23.7 Å². The number of hydrogen-bond donors (Lipinski definition) is 1. The van der Waals surface area contributed by atoms with Crippen molar-refractivity contribution in [1.29, 1.82) is 0 Å². The van der Waals surface area contributed by atoms with E-state index in [2.05, 4.69) is 5.32 Å². The number of nitrogens with zero attached hydrogens (tertiary/aromatic N) is 1. The molecular formula is C13H15F3N2O2. The van der Waals surface area contributed by atoms with E-state index < -0.39 is 23.5 Å². The molecule has 0 aliphatic carbocycles. The largest absolute Gasteiger partial charge is 0.381 e. The summed E-state index contributed by atoms with van der Waals surface area (Å²) in [5.74, 6) is -3.98. The first kappa shape index (κ1) is 14.6. The molecule has 0 spiro atoms. The molecule has 1 aliphatic rings. The van der Waals surface area contributed by atoms with E-state index in [4.69, 9.17) is 4.74 Å². The van der Waals surface area contributed by atoms with Gasteiger partial charge in [-0.15, -0.1) is 0 Å². The van der Waals surface area contributed by atoms with E-state index in [1.54, 1.807) is 7.05 Å². The molecule has 1 aliphatic heterocycles. The van der Waals surface area contributed by atoms with Crippen molar-refractivity contribution < 1.29 is 22.7 Å². The lowest BCUT2D eigenvalue weighted by atomic mass is 10.1. The average molecular weight is 288 g/mol. The fraction of sp³-hybridized carbons (Fsp3) is 0.462. The van der Waals surface area contributed by atoms with Gasteiger partial charge < -0.3 is 15.0 Å². The van der Waals surface area contributed by atoms with Crippen LogP contribution >= 0.6 is 0 Å². The van der Waals surface area contributed by atoms with Crippen LogP contribution in [0.1, 0.15) is 6.42 Å². The number of nitrogens with one attached hydrogen (secondary N) is 1. The third-order valence-corrected chi connectivity index (χ3v) is 3.14. The number of carbonyl (C=O) groups excluding carboxylic acids is 1. The van der Waals surface area contributed by atoms with Gasteiger partial charge in [-0.05, 0) is 6.42 Å². The summed E-state index contributed by atoms with van der Waals surface area (Å²) < 4.78 is 44.0. The van der Waals surface area contributed by atoms with Gasteiger partial charge in [-0.2, -0.15) is 0 Å². The summed E-state index contributed by atoms with van der Waals surface area (Å²) in [5.41, 5.74) is -0.124. The quantitative estimate of drug-likeness (QED) is 0.869. The van der Waals surface area contributed by atoms with Crippen LogP contribution in [0.5, 0.6) is 0 Å². The molecule has 0 saturated carbocycles. The molecule has 0 radical (unpaired) electrons. The Morgan fingerprint density at radius 1 is 1.40 bits per heavy atom. The van der Waals surface area contributed by atoms with E-state index in [0.717, 1.165) is 18.6 Å². The van der Waals surface area contributed by atoms with E-state index in [1.165, 1.54) is 4.90 Å². The number of amides is 2. The van der Waals surface area contributed by atoms with Crippen molar-refractivity contribution in [2.45, 2.75) is 6.42 Å². The number of benzene rings is 1. The summed E-state index contributed by atoms with van der Waals surface area (Å²) in [6.07, 6.45) is 0.872. The summed E-state index contributed by atoms with van der Waals surface area (Å²) >= 11 is 0. The van der Waals surface area contributed by atoms with Crippen molar-refractivity contribution >= 4 is 11.7 Å². The molecule has 0 aromatic heterocycles. The van der Waals surface area contributed by atoms with Crippen LogP contribution in [0, 0.1) is 23.4 Å². The van der Waals surface area contributed by atoms with Crippen molar-refractivity contribution in [3.05, 3.63) is 29.6 Å². The lowest BCUT2D eigenvalue weighted by Gasteiger charge is -2.21. The highest BCUT2D eigenvalue weighted by Gasteiger charge is 2.20. The zero-order valence-electron chi connectivity index (χ0n) is 11.0. The summed E-state index contributed by atoms with van der Waals surface area (Å²) in [5, 5.41) is 2.32. The van der Waals surface area contributed by atoms with Crippen LogP contribution in [-0.4, -0.2) is 37.7 Å². The monoisotopic (exact) mass is 288 g/mol. The van der Waals surface area contributed by atoms with Crippen molar-refractivity contribution in [3.8, 4) is 0 Å². The van der Waals surface area contributed by atoms with Crippen LogP contribution < -0.4 is 5.32 Å². The Kier molecular flexibility index (Phi) is 4.49. The topological polar surface area (TPSA) is 41.6 Å². The molecule has 1 N–H and O–H groups in total. The number of halogens is 3. The highest BCUT2D eigenvalue weighted by molar-refractivity contribution is 5.89. The highest BCUT2D eigenvalue weighted by atomic mass is 19.2. The van der Waals surface area contributed by atoms with Gasteiger partial charge in [0.1, 0.15) is 0 Å². The lowest BCUT2D eigenvalue weighted by Crippen LogP contribution is -2.35. The van der Waals surface area contributed by atoms with Crippen molar-refractivity contribution in [2.24, 2.45) is 5.92 Å². The molecular weight excluding hydrogens is 273 g/mol. The number of rotatable bonds is 3. The Bertz CT molecular complexity index is 481. The smallest absolute Gasteiger partial charge is 0.321 e.